The van der Waals surface area contributed by atoms with Crippen LogP contribution >= 0.6 is 0 Å². The lowest BCUT2D eigenvalue weighted by Crippen LogP contribution is -2.39. The Morgan fingerprint density at radius 1 is 1.47 bits per heavy atom. The molecule has 1 aromatic heterocycles. The molecule has 2 rings (SSSR count). The van der Waals surface area contributed by atoms with Gasteiger partial charge in [-0.2, -0.15) is 0 Å². The first-order valence-corrected chi connectivity index (χ1v) is 6.85. The number of anilines is 1. The summed E-state index contributed by atoms with van der Waals surface area (Å²) in [7, 11) is 0. The largest absolute Gasteiger partial charge is 0.396 e. The van der Waals surface area contributed by atoms with Gasteiger partial charge < -0.3 is 15.3 Å². The van der Waals surface area contributed by atoms with E-state index >= 15 is 0 Å². The summed E-state index contributed by atoms with van der Waals surface area (Å²) in [4.78, 5) is 18.5. The number of hydrogen-bond donors (Lipinski definition) is 2. The molecule has 0 aromatic carbocycles. The van der Waals surface area contributed by atoms with E-state index in [0.717, 1.165) is 25.2 Å². The highest BCUT2D eigenvalue weighted by Gasteiger charge is 2.23. The minimum Gasteiger partial charge on any atom is -0.396 e. The van der Waals surface area contributed by atoms with Crippen LogP contribution in [-0.4, -0.2) is 47.1 Å². The van der Waals surface area contributed by atoms with E-state index in [1.807, 2.05) is 24.0 Å². The van der Waals surface area contributed by atoms with Crippen molar-refractivity contribution in [1.82, 2.24) is 9.88 Å². The highest BCUT2D eigenvalue weighted by molar-refractivity contribution is 5.92. The molecule has 0 unspecified atom stereocenters. The van der Waals surface area contributed by atoms with Gasteiger partial charge in [0.2, 0.25) is 0 Å². The molecular formula is C14H21N3O2. The van der Waals surface area contributed by atoms with Gasteiger partial charge in [0.25, 0.3) is 5.91 Å². The summed E-state index contributed by atoms with van der Waals surface area (Å²) in [6, 6.07) is 5.46. The Morgan fingerprint density at radius 2 is 2.21 bits per heavy atom. The first-order valence-electron chi connectivity index (χ1n) is 6.85. The van der Waals surface area contributed by atoms with Gasteiger partial charge in [-0.3, -0.25) is 4.79 Å². The molecule has 1 aromatic rings. The van der Waals surface area contributed by atoms with Crippen molar-refractivity contribution >= 4 is 11.7 Å². The molecule has 1 amide bonds. The zero-order chi connectivity index (χ0) is 13.7. The second-order valence-corrected chi connectivity index (χ2v) is 4.86. The van der Waals surface area contributed by atoms with Crippen LogP contribution in [0.5, 0.6) is 0 Å². The second kappa shape index (κ2) is 6.52. The monoisotopic (exact) mass is 263 g/mol. The van der Waals surface area contributed by atoms with Crippen molar-refractivity contribution < 1.29 is 9.90 Å². The van der Waals surface area contributed by atoms with Crippen molar-refractivity contribution in [1.29, 1.82) is 0 Å². The van der Waals surface area contributed by atoms with E-state index in [4.69, 9.17) is 5.11 Å². The van der Waals surface area contributed by atoms with Crippen molar-refractivity contribution in [2.24, 2.45) is 5.92 Å². The van der Waals surface area contributed by atoms with Gasteiger partial charge in [-0.15, -0.1) is 0 Å². The molecule has 0 radical (unpaired) electrons. The molecule has 5 nitrogen and oxygen atoms in total. The van der Waals surface area contributed by atoms with Crippen LogP contribution in [0.2, 0.25) is 0 Å². The summed E-state index contributed by atoms with van der Waals surface area (Å²) >= 11 is 0. The van der Waals surface area contributed by atoms with Gasteiger partial charge in [-0.1, -0.05) is 6.07 Å². The summed E-state index contributed by atoms with van der Waals surface area (Å²) in [5.41, 5.74) is 0.487. The van der Waals surface area contributed by atoms with Crippen LogP contribution < -0.4 is 5.32 Å². The molecule has 0 bridgehead atoms. The molecule has 2 N–H and O–H groups in total. The van der Waals surface area contributed by atoms with Gasteiger partial charge in [0.15, 0.2) is 0 Å². The van der Waals surface area contributed by atoms with Gasteiger partial charge in [0.05, 0.1) is 0 Å². The third kappa shape index (κ3) is 3.44. The predicted molar refractivity (Wildman–Crippen MR) is 74.1 cm³/mol. The average Bonchev–Trinajstić information content (AvgIpc) is 2.47. The SMILES string of the molecule is CCNc1cccc(C(=O)N2CCC(CO)CC2)n1. The van der Waals surface area contributed by atoms with E-state index in [2.05, 4.69) is 10.3 Å². The number of hydrogen-bond acceptors (Lipinski definition) is 4. The molecule has 1 aliphatic rings. The summed E-state index contributed by atoms with van der Waals surface area (Å²) < 4.78 is 0. The predicted octanol–water partition coefficient (Wildman–Crippen LogP) is 1.36. The number of piperidine rings is 1. The van der Waals surface area contributed by atoms with Crippen LogP contribution in [0.25, 0.3) is 0 Å². The molecule has 19 heavy (non-hydrogen) atoms. The summed E-state index contributed by atoms with van der Waals surface area (Å²) in [5.74, 6) is 1.06. The van der Waals surface area contributed by atoms with Crippen LogP contribution in [0.3, 0.4) is 0 Å². The number of nitrogens with zero attached hydrogens (tertiary/aromatic N) is 2. The fourth-order valence-corrected chi connectivity index (χ4v) is 2.31. The zero-order valence-electron chi connectivity index (χ0n) is 11.3. The number of rotatable bonds is 4. The first kappa shape index (κ1) is 13.8. The third-order valence-corrected chi connectivity index (χ3v) is 3.49. The Morgan fingerprint density at radius 3 is 2.84 bits per heavy atom. The molecule has 0 spiro atoms. The molecule has 0 aliphatic carbocycles. The minimum atomic E-state index is -0.0175. The fourth-order valence-electron chi connectivity index (χ4n) is 2.31. The maximum Gasteiger partial charge on any atom is 0.272 e. The number of aromatic nitrogens is 1. The number of carbonyl (C=O) groups is 1. The van der Waals surface area contributed by atoms with Crippen LogP contribution in [0, 0.1) is 5.92 Å². The van der Waals surface area contributed by atoms with E-state index in [-0.39, 0.29) is 12.5 Å². The number of aliphatic hydroxyl groups is 1. The van der Waals surface area contributed by atoms with Crippen molar-refractivity contribution in [3.05, 3.63) is 23.9 Å². The normalized spacial score (nSPS) is 16.4. The number of likely N-dealkylation sites (tertiary alicyclic amines) is 1. The third-order valence-electron chi connectivity index (χ3n) is 3.49. The average molecular weight is 263 g/mol. The Bertz CT molecular complexity index is 428. The standard InChI is InChI=1S/C14H21N3O2/c1-2-15-13-5-3-4-12(16-13)14(19)17-8-6-11(10-18)7-9-17/h3-5,11,18H,2,6-10H2,1H3,(H,15,16). The zero-order valence-corrected chi connectivity index (χ0v) is 11.3. The van der Waals surface area contributed by atoms with E-state index in [1.165, 1.54) is 0 Å². The summed E-state index contributed by atoms with van der Waals surface area (Å²) in [5, 5.41) is 12.2. The highest BCUT2D eigenvalue weighted by atomic mass is 16.3. The van der Waals surface area contributed by atoms with E-state index in [9.17, 15) is 4.79 Å². The number of nitrogens with one attached hydrogen (secondary N) is 1. The van der Waals surface area contributed by atoms with Crippen LogP contribution in [0.1, 0.15) is 30.3 Å². The molecule has 0 atom stereocenters. The molecular weight excluding hydrogens is 242 g/mol. The minimum absolute atomic E-state index is 0.0175. The molecule has 1 fully saturated rings. The van der Waals surface area contributed by atoms with Gasteiger partial charge in [-0.25, -0.2) is 4.98 Å². The Balaban J connectivity index is 2.01. The van der Waals surface area contributed by atoms with Crippen LogP contribution in [-0.2, 0) is 0 Å². The molecule has 5 heteroatoms. The van der Waals surface area contributed by atoms with Crippen LogP contribution in [0.15, 0.2) is 18.2 Å². The number of pyridine rings is 1. The van der Waals surface area contributed by atoms with Crippen molar-refractivity contribution in [2.45, 2.75) is 19.8 Å². The van der Waals surface area contributed by atoms with Gasteiger partial charge >= 0.3 is 0 Å². The van der Waals surface area contributed by atoms with Crippen molar-refractivity contribution in [3.8, 4) is 0 Å². The van der Waals surface area contributed by atoms with Crippen molar-refractivity contribution in [2.75, 3.05) is 31.6 Å². The quantitative estimate of drug-likeness (QED) is 0.861. The fraction of sp³-hybridized carbons (Fsp3) is 0.571. The number of aliphatic hydroxyl groups excluding tert-OH is 1. The molecule has 0 saturated carbocycles. The summed E-state index contributed by atoms with van der Waals surface area (Å²) in [6.07, 6.45) is 1.74. The topological polar surface area (TPSA) is 65.5 Å². The van der Waals surface area contributed by atoms with E-state index in [1.54, 1.807) is 6.07 Å². The highest BCUT2D eigenvalue weighted by Crippen LogP contribution is 2.18. The van der Waals surface area contributed by atoms with E-state index < -0.39 is 0 Å². The van der Waals surface area contributed by atoms with Crippen molar-refractivity contribution in [3.63, 3.8) is 0 Å². The lowest BCUT2D eigenvalue weighted by molar-refractivity contribution is 0.0645. The lowest BCUT2D eigenvalue weighted by Gasteiger charge is -2.30. The number of carbonyl (C=O) groups excluding carboxylic acids is 1. The molecule has 1 aliphatic heterocycles. The second-order valence-electron chi connectivity index (χ2n) is 4.86. The Kier molecular flexibility index (Phi) is 4.74. The summed E-state index contributed by atoms with van der Waals surface area (Å²) in [6.45, 7) is 4.41. The number of amides is 1. The maximum absolute atomic E-state index is 12.3. The Labute approximate surface area is 113 Å². The van der Waals surface area contributed by atoms with Gasteiger partial charge in [0, 0.05) is 26.2 Å². The molecule has 1 saturated heterocycles. The molecule has 2 heterocycles. The maximum atomic E-state index is 12.3. The Hall–Kier alpha value is -1.62. The smallest absolute Gasteiger partial charge is 0.272 e. The van der Waals surface area contributed by atoms with Gasteiger partial charge in [-0.05, 0) is 37.8 Å². The van der Waals surface area contributed by atoms with E-state index in [0.29, 0.717) is 24.7 Å². The first-order chi connectivity index (χ1) is 9.24. The lowest BCUT2D eigenvalue weighted by atomic mass is 9.98. The van der Waals surface area contributed by atoms with Crippen LogP contribution in [0.4, 0.5) is 5.82 Å². The molecule has 104 valence electrons. The van der Waals surface area contributed by atoms with Gasteiger partial charge in [0.1, 0.15) is 11.5 Å².